The van der Waals surface area contributed by atoms with E-state index in [1.54, 1.807) is 43.7 Å². The fourth-order valence-corrected chi connectivity index (χ4v) is 8.69. The van der Waals surface area contributed by atoms with E-state index in [1.807, 2.05) is 48.6 Å². The van der Waals surface area contributed by atoms with Crippen LogP contribution in [0.4, 0.5) is 37.6 Å². The highest BCUT2D eigenvalue weighted by Gasteiger charge is 2.39. The molecular formula is C35H40BrF2N10O2P. The molecule has 0 bridgehead atoms. The summed E-state index contributed by atoms with van der Waals surface area (Å²) in [6, 6.07) is 7.71. The van der Waals surface area contributed by atoms with Crippen LogP contribution >= 0.6 is 23.1 Å². The molecule has 268 valence electrons. The lowest BCUT2D eigenvalue weighted by molar-refractivity contribution is 0.0105. The number of fused-ring (bicyclic) bond motifs is 1. The number of ether oxygens (including phenoxy) is 1. The molecule has 16 heteroatoms. The Morgan fingerprint density at radius 3 is 2.51 bits per heavy atom. The van der Waals surface area contributed by atoms with Crippen LogP contribution in [0.15, 0.2) is 59.7 Å². The van der Waals surface area contributed by atoms with Crippen LogP contribution in [0.25, 0.3) is 22.2 Å². The molecule has 0 aliphatic carbocycles. The van der Waals surface area contributed by atoms with Gasteiger partial charge in [-0.1, -0.05) is 0 Å². The van der Waals surface area contributed by atoms with Crippen molar-refractivity contribution in [3.63, 3.8) is 0 Å². The lowest BCUT2D eigenvalue weighted by Crippen LogP contribution is -2.39. The van der Waals surface area contributed by atoms with Gasteiger partial charge in [0, 0.05) is 87.3 Å². The average Bonchev–Trinajstić information content (AvgIpc) is 3.69. The van der Waals surface area contributed by atoms with E-state index in [-0.39, 0.29) is 13.0 Å². The van der Waals surface area contributed by atoms with Crippen molar-refractivity contribution in [2.75, 3.05) is 68.7 Å². The Morgan fingerprint density at radius 2 is 1.82 bits per heavy atom. The predicted octanol–water partition coefficient (Wildman–Crippen LogP) is 6.88. The van der Waals surface area contributed by atoms with E-state index in [0.717, 1.165) is 42.7 Å². The second-order valence-electron chi connectivity index (χ2n) is 13.6. The van der Waals surface area contributed by atoms with Gasteiger partial charge in [-0.25, -0.2) is 13.8 Å². The summed E-state index contributed by atoms with van der Waals surface area (Å²) >= 11 is 3.57. The number of hydrogen-bond donors (Lipinski definition) is 2. The lowest BCUT2D eigenvalue weighted by atomic mass is 9.94. The minimum Gasteiger partial charge on any atom is -0.494 e. The quantitative estimate of drug-likeness (QED) is 0.144. The first kappa shape index (κ1) is 35.2. The van der Waals surface area contributed by atoms with Crippen LogP contribution in [0.2, 0.25) is 0 Å². The number of likely N-dealkylation sites (tertiary alicyclic amines) is 1. The Labute approximate surface area is 303 Å². The molecule has 2 aliphatic heterocycles. The molecule has 2 N–H and O–H groups in total. The van der Waals surface area contributed by atoms with E-state index < -0.39 is 13.1 Å². The molecule has 3 aromatic heterocycles. The van der Waals surface area contributed by atoms with Crippen LogP contribution in [0.3, 0.4) is 0 Å². The maximum atomic E-state index is 13.8. The third-order valence-corrected chi connectivity index (χ3v) is 11.6. The van der Waals surface area contributed by atoms with Crippen LogP contribution in [0.1, 0.15) is 19.3 Å². The van der Waals surface area contributed by atoms with Crippen molar-refractivity contribution in [3.05, 3.63) is 59.7 Å². The first-order valence-electron chi connectivity index (χ1n) is 16.8. The number of nitrogens with zero attached hydrogens (tertiary/aromatic N) is 8. The summed E-state index contributed by atoms with van der Waals surface area (Å²) in [6.07, 6.45) is 10.4. The molecule has 0 saturated carbocycles. The number of aryl methyl sites for hydroxylation is 1. The molecule has 0 atom stereocenters. The molecule has 12 nitrogen and oxygen atoms in total. The molecule has 51 heavy (non-hydrogen) atoms. The van der Waals surface area contributed by atoms with Crippen LogP contribution < -0.4 is 25.6 Å². The van der Waals surface area contributed by atoms with Gasteiger partial charge in [0.15, 0.2) is 0 Å². The highest BCUT2D eigenvalue weighted by Crippen LogP contribution is 2.43. The first-order valence-corrected chi connectivity index (χ1v) is 20.2. The van der Waals surface area contributed by atoms with Crippen molar-refractivity contribution in [2.45, 2.75) is 25.2 Å². The molecule has 0 amide bonds. The Kier molecular flexibility index (Phi) is 9.72. The van der Waals surface area contributed by atoms with E-state index in [2.05, 4.69) is 51.5 Å². The standard InChI is InChI=1S/C35H40BrF2N10O2P/c1-46-20-23(17-42-46)24-15-28(30(50-2)16-29(24)48-12-7-22(8-13-48)19-47-14-9-35(37,38)21-47)44-34-41-18-25(36)33(45-34)43-27-6-5-26-31(40-11-10-39-26)32(27)51(3,4)49/h5-6,10-11,15-18,20,22H,7-9,12-14,19,21H2,1-4H3,(H2,41,43,44,45). The maximum absolute atomic E-state index is 13.8. The lowest BCUT2D eigenvalue weighted by Gasteiger charge is -2.36. The molecule has 2 saturated heterocycles. The Morgan fingerprint density at radius 1 is 1.04 bits per heavy atom. The van der Waals surface area contributed by atoms with Gasteiger partial charge in [0.05, 0.1) is 46.5 Å². The van der Waals surface area contributed by atoms with Gasteiger partial charge in [-0.15, -0.1) is 0 Å². The number of nitrogens with one attached hydrogen (secondary N) is 2. The molecule has 7 rings (SSSR count). The summed E-state index contributed by atoms with van der Waals surface area (Å²) < 4.78 is 49.4. The number of halogens is 3. The average molecular weight is 782 g/mol. The van der Waals surface area contributed by atoms with Crippen molar-refractivity contribution < 1.29 is 18.1 Å². The molecule has 0 radical (unpaired) electrons. The minimum absolute atomic E-state index is 0.0501. The van der Waals surface area contributed by atoms with Crippen molar-refractivity contribution in [3.8, 4) is 16.9 Å². The summed E-state index contributed by atoms with van der Waals surface area (Å²) in [6.45, 7) is 6.05. The Balaban J connectivity index is 1.16. The van der Waals surface area contributed by atoms with E-state index in [0.29, 0.717) is 68.7 Å². The first-order chi connectivity index (χ1) is 24.4. The molecule has 5 aromatic rings. The van der Waals surface area contributed by atoms with Crippen molar-refractivity contribution in [1.29, 1.82) is 0 Å². The highest BCUT2D eigenvalue weighted by molar-refractivity contribution is 9.10. The van der Waals surface area contributed by atoms with Crippen molar-refractivity contribution in [1.82, 2.24) is 34.6 Å². The molecule has 2 aliphatic rings. The van der Waals surface area contributed by atoms with Crippen molar-refractivity contribution >= 4 is 68.2 Å². The van der Waals surface area contributed by atoms with Gasteiger partial charge in [0.1, 0.15) is 24.2 Å². The smallest absolute Gasteiger partial charge is 0.261 e. The van der Waals surface area contributed by atoms with E-state index in [1.165, 1.54) is 0 Å². The number of hydrogen-bond acceptors (Lipinski definition) is 11. The van der Waals surface area contributed by atoms with Gasteiger partial charge in [0.25, 0.3) is 5.92 Å². The number of benzene rings is 2. The predicted molar refractivity (Wildman–Crippen MR) is 201 cm³/mol. The zero-order chi connectivity index (χ0) is 35.9. The molecule has 2 aromatic carbocycles. The summed E-state index contributed by atoms with van der Waals surface area (Å²) in [4.78, 5) is 22.4. The van der Waals surface area contributed by atoms with Gasteiger partial charge in [-0.3, -0.25) is 19.5 Å². The number of anilines is 5. The zero-order valence-corrected chi connectivity index (χ0v) is 31.4. The number of alkyl halides is 2. The van der Waals surface area contributed by atoms with Crippen LogP contribution in [-0.2, 0) is 11.6 Å². The molecule has 5 heterocycles. The topological polar surface area (TPSA) is 126 Å². The maximum Gasteiger partial charge on any atom is 0.261 e. The van der Waals surface area contributed by atoms with E-state index >= 15 is 0 Å². The van der Waals surface area contributed by atoms with E-state index in [9.17, 15) is 13.3 Å². The normalized spacial score (nSPS) is 16.9. The summed E-state index contributed by atoms with van der Waals surface area (Å²) in [5.41, 5.74) is 5.41. The monoisotopic (exact) mass is 780 g/mol. The zero-order valence-electron chi connectivity index (χ0n) is 28.9. The minimum atomic E-state index is -2.79. The van der Waals surface area contributed by atoms with Gasteiger partial charge in [-0.05, 0) is 66.2 Å². The van der Waals surface area contributed by atoms with Crippen LogP contribution in [0.5, 0.6) is 5.75 Å². The summed E-state index contributed by atoms with van der Waals surface area (Å²) in [5, 5.41) is 11.7. The second-order valence-corrected chi connectivity index (χ2v) is 17.6. The second kappa shape index (κ2) is 14.1. The summed E-state index contributed by atoms with van der Waals surface area (Å²) in [5.74, 6) is -0.813. The molecular weight excluding hydrogens is 741 g/mol. The Bertz CT molecular complexity index is 2120. The van der Waals surface area contributed by atoms with Crippen molar-refractivity contribution in [2.24, 2.45) is 13.0 Å². The molecule has 2 fully saturated rings. The Hall–Kier alpha value is -4.20. The fourth-order valence-electron chi connectivity index (χ4n) is 7.00. The third kappa shape index (κ3) is 7.70. The van der Waals surface area contributed by atoms with Crippen LogP contribution in [-0.4, -0.2) is 93.7 Å². The number of piperidine rings is 1. The number of methoxy groups -OCH3 is 1. The third-order valence-electron chi connectivity index (χ3n) is 9.45. The largest absolute Gasteiger partial charge is 0.494 e. The molecule has 0 spiro atoms. The van der Waals surface area contributed by atoms with Gasteiger partial charge in [0.2, 0.25) is 5.95 Å². The number of rotatable bonds is 10. The van der Waals surface area contributed by atoms with Gasteiger partial charge >= 0.3 is 0 Å². The summed E-state index contributed by atoms with van der Waals surface area (Å²) in [7, 11) is 0.714. The van der Waals surface area contributed by atoms with E-state index in [4.69, 9.17) is 9.72 Å². The highest BCUT2D eigenvalue weighted by atomic mass is 79.9. The van der Waals surface area contributed by atoms with Gasteiger partial charge in [-0.2, -0.15) is 10.1 Å². The molecule has 0 unspecified atom stereocenters. The SMILES string of the molecule is COc1cc(N2CCC(CN3CCC(F)(F)C3)CC2)c(-c2cnn(C)c2)cc1Nc1ncc(Br)c(Nc2ccc3nccnc3c2P(C)(C)=O)n1. The number of aromatic nitrogens is 6. The fraction of sp³-hybridized carbons (Fsp3) is 0.400. The van der Waals surface area contributed by atoms with Crippen LogP contribution in [0, 0.1) is 5.92 Å². The van der Waals surface area contributed by atoms with Gasteiger partial charge < -0.3 is 24.8 Å².